The number of hydrogen-bond donors (Lipinski definition) is 1. The Labute approximate surface area is 136 Å². The van der Waals surface area contributed by atoms with E-state index >= 15 is 0 Å². The molecule has 1 nitrogen and oxygen atoms in total. The molecule has 116 valence electrons. The van der Waals surface area contributed by atoms with Gasteiger partial charge in [0.15, 0.2) is 0 Å². The second kappa shape index (κ2) is 7.21. The fraction of sp³-hybridized carbons (Fsp3) is 0.143. The monoisotopic (exact) mass is 305 g/mol. The first-order valence-corrected chi connectivity index (χ1v) is 7.85. The minimum atomic E-state index is -0.205. The van der Waals surface area contributed by atoms with Crippen LogP contribution in [0.5, 0.6) is 0 Å². The topological polar surface area (TPSA) is 12.0 Å². The van der Waals surface area contributed by atoms with Gasteiger partial charge >= 0.3 is 0 Å². The molecule has 1 N–H and O–H groups in total. The Morgan fingerprint density at radius 1 is 0.826 bits per heavy atom. The van der Waals surface area contributed by atoms with Gasteiger partial charge in [-0.05, 0) is 47.4 Å². The summed E-state index contributed by atoms with van der Waals surface area (Å²) in [6.45, 7) is 2.96. The third-order valence-corrected chi connectivity index (χ3v) is 4.02. The molecule has 0 radical (unpaired) electrons. The molecule has 0 saturated carbocycles. The molecule has 0 aliphatic rings. The first-order valence-electron chi connectivity index (χ1n) is 7.85. The molecular weight excluding hydrogens is 285 g/mol. The molecule has 23 heavy (non-hydrogen) atoms. The zero-order valence-corrected chi connectivity index (χ0v) is 13.2. The molecule has 2 heteroatoms. The summed E-state index contributed by atoms with van der Waals surface area (Å²) >= 11 is 0. The number of benzene rings is 3. The smallest absolute Gasteiger partial charge is 0.123 e. The minimum Gasteiger partial charge on any atom is -0.306 e. The van der Waals surface area contributed by atoms with Gasteiger partial charge in [0.1, 0.15) is 5.82 Å². The van der Waals surface area contributed by atoms with Crippen LogP contribution in [-0.2, 0) is 6.54 Å². The molecule has 0 aliphatic heterocycles. The van der Waals surface area contributed by atoms with Gasteiger partial charge in [0.2, 0.25) is 0 Å². The molecule has 0 aliphatic carbocycles. The van der Waals surface area contributed by atoms with Gasteiger partial charge in [-0.2, -0.15) is 0 Å². The summed E-state index contributed by atoms with van der Waals surface area (Å²) < 4.78 is 13.0. The van der Waals surface area contributed by atoms with Crippen molar-refractivity contribution in [2.24, 2.45) is 0 Å². The average molecular weight is 305 g/mol. The zero-order valence-electron chi connectivity index (χ0n) is 13.2. The molecule has 0 spiro atoms. The normalized spacial score (nSPS) is 12.1. The average Bonchev–Trinajstić information content (AvgIpc) is 2.61. The minimum absolute atomic E-state index is 0.205. The fourth-order valence-corrected chi connectivity index (χ4v) is 2.63. The Kier molecular flexibility index (Phi) is 4.84. The standard InChI is InChI=1S/C21H20FN/c1-16(18-7-3-2-4-8-18)23-15-17-6-5-9-20(14-17)19-10-12-21(22)13-11-19/h2-14,16,23H,15H2,1H3/t16-/m1/s1. The van der Waals surface area contributed by atoms with E-state index in [1.807, 2.05) is 24.3 Å². The molecule has 0 amide bonds. The van der Waals surface area contributed by atoms with Crippen molar-refractivity contribution in [3.05, 3.63) is 95.8 Å². The van der Waals surface area contributed by atoms with Crippen LogP contribution in [-0.4, -0.2) is 0 Å². The van der Waals surface area contributed by atoms with E-state index in [-0.39, 0.29) is 5.82 Å². The van der Waals surface area contributed by atoms with Gasteiger partial charge in [-0.25, -0.2) is 4.39 Å². The summed E-state index contributed by atoms with van der Waals surface area (Å²) in [5.41, 5.74) is 4.64. The van der Waals surface area contributed by atoms with Gasteiger partial charge in [0, 0.05) is 12.6 Å². The van der Waals surface area contributed by atoms with E-state index in [0.717, 1.165) is 17.7 Å². The fourth-order valence-electron chi connectivity index (χ4n) is 2.63. The van der Waals surface area contributed by atoms with E-state index in [1.165, 1.54) is 23.3 Å². The molecule has 0 unspecified atom stereocenters. The summed E-state index contributed by atoms with van der Waals surface area (Å²) in [7, 11) is 0. The maximum atomic E-state index is 13.0. The van der Waals surface area contributed by atoms with E-state index in [9.17, 15) is 4.39 Å². The molecule has 3 aromatic rings. The molecule has 3 rings (SSSR count). The Morgan fingerprint density at radius 2 is 1.57 bits per heavy atom. The van der Waals surface area contributed by atoms with E-state index < -0.39 is 0 Å². The van der Waals surface area contributed by atoms with Crippen LogP contribution >= 0.6 is 0 Å². The molecule has 0 fully saturated rings. The van der Waals surface area contributed by atoms with Crippen LogP contribution < -0.4 is 5.32 Å². The maximum absolute atomic E-state index is 13.0. The predicted octanol–water partition coefficient (Wildman–Crippen LogP) is 5.34. The van der Waals surface area contributed by atoms with Crippen molar-refractivity contribution in [3.8, 4) is 11.1 Å². The van der Waals surface area contributed by atoms with Crippen molar-refractivity contribution in [1.82, 2.24) is 5.32 Å². The summed E-state index contributed by atoms with van der Waals surface area (Å²) in [4.78, 5) is 0. The Bertz CT molecular complexity index is 750. The van der Waals surface area contributed by atoms with Crippen molar-refractivity contribution in [2.45, 2.75) is 19.5 Å². The van der Waals surface area contributed by atoms with Crippen LogP contribution in [0, 0.1) is 5.82 Å². The molecule has 0 aromatic heterocycles. The summed E-state index contributed by atoms with van der Waals surface area (Å²) in [6.07, 6.45) is 0. The lowest BCUT2D eigenvalue weighted by Gasteiger charge is -2.14. The van der Waals surface area contributed by atoms with E-state index in [4.69, 9.17) is 0 Å². The molecule has 0 bridgehead atoms. The van der Waals surface area contributed by atoms with Crippen LogP contribution in [0.25, 0.3) is 11.1 Å². The third-order valence-electron chi connectivity index (χ3n) is 4.02. The van der Waals surface area contributed by atoms with Gasteiger partial charge in [-0.15, -0.1) is 0 Å². The van der Waals surface area contributed by atoms with Crippen molar-refractivity contribution >= 4 is 0 Å². The maximum Gasteiger partial charge on any atom is 0.123 e. The second-order valence-electron chi connectivity index (χ2n) is 5.72. The van der Waals surface area contributed by atoms with Crippen molar-refractivity contribution in [2.75, 3.05) is 0 Å². The number of nitrogens with one attached hydrogen (secondary N) is 1. The van der Waals surface area contributed by atoms with Gasteiger partial charge in [-0.1, -0.05) is 60.7 Å². The van der Waals surface area contributed by atoms with Crippen LogP contribution in [0.2, 0.25) is 0 Å². The number of hydrogen-bond acceptors (Lipinski definition) is 1. The molecule has 0 heterocycles. The lowest BCUT2D eigenvalue weighted by Crippen LogP contribution is -2.17. The quantitative estimate of drug-likeness (QED) is 0.670. The first-order chi connectivity index (χ1) is 11.2. The first kappa shape index (κ1) is 15.4. The number of rotatable bonds is 5. The highest BCUT2D eigenvalue weighted by molar-refractivity contribution is 5.64. The highest BCUT2D eigenvalue weighted by Gasteiger charge is 2.05. The van der Waals surface area contributed by atoms with Crippen LogP contribution in [0.15, 0.2) is 78.9 Å². The second-order valence-corrected chi connectivity index (χ2v) is 5.72. The van der Waals surface area contributed by atoms with Crippen molar-refractivity contribution < 1.29 is 4.39 Å². The zero-order chi connectivity index (χ0) is 16.1. The van der Waals surface area contributed by atoms with Gasteiger partial charge in [-0.3, -0.25) is 0 Å². The highest BCUT2D eigenvalue weighted by Crippen LogP contribution is 2.21. The van der Waals surface area contributed by atoms with Gasteiger partial charge in [0.05, 0.1) is 0 Å². The van der Waals surface area contributed by atoms with E-state index in [2.05, 4.69) is 54.7 Å². The summed E-state index contributed by atoms with van der Waals surface area (Å²) in [5, 5.41) is 3.54. The predicted molar refractivity (Wildman–Crippen MR) is 93.5 cm³/mol. The lowest BCUT2D eigenvalue weighted by atomic mass is 10.0. The van der Waals surface area contributed by atoms with Gasteiger partial charge < -0.3 is 5.32 Å². The molecular formula is C21H20FN. The summed E-state index contributed by atoms with van der Waals surface area (Å²) in [5.74, 6) is -0.205. The molecule has 3 aromatic carbocycles. The highest BCUT2D eigenvalue weighted by atomic mass is 19.1. The van der Waals surface area contributed by atoms with Crippen LogP contribution in [0.3, 0.4) is 0 Å². The van der Waals surface area contributed by atoms with Crippen molar-refractivity contribution in [3.63, 3.8) is 0 Å². The molecule has 1 atom stereocenters. The summed E-state index contributed by atoms with van der Waals surface area (Å²) in [6, 6.07) is 25.7. The molecule has 0 saturated heterocycles. The van der Waals surface area contributed by atoms with E-state index in [0.29, 0.717) is 6.04 Å². The van der Waals surface area contributed by atoms with Gasteiger partial charge in [0.25, 0.3) is 0 Å². The van der Waals surface area contributed by atoms with Crippen molar-refractivity contribution in [1.29, 1.82) is 0 Å². The lowest BCUT2D eigenvalue weighted by molar-refractivity contribution is 0.575. The van der Waals surface area contributed by atoms with E-state index in [1.54, 1.807) is 0 Å². The number of halogens is 1. The SMILES string of the molecule is C[C@@H](NCc1cccc(-c2ccc(F)cc2)c1)c1ccccc1. The Hall–Kier alpha value is -2.45. The Balaban J connectivity index is 1.69. The largest absolute Gasteiger partial charge is 0.306 e. The third kappa shape index (κ3) is 4.05. The van der Waals surface area contributed by atoms with Crippen LogP contribution in [0.1, 0.15) is 24.1 Å². The Morgan fingerprint density at radius 3 is 2.30 bits per heavy atom. The van der Waals surface area contributed by atoms with Crippen LogP contribution in [0.4, 0.5) is 4.39 Å².